The number of fused-ring (bicyclic) bond motifs is 1. The predicted molar refractivity (Wildman–Crippen MR) is 82.0 cm³/mol. The third-order valence-corrected chi connectivity index (χ3v) is 4.78. The third-order valence-electron chi connectivity index (χ3n) is 3.28. The van der Waals surface area contributed by atoms with Crippen molar-refractivity contribution in [3.63, 3.8) is 0 Å². The van der Waals surface area contributed by atoms with E-state index in [1.165, 1.54) is 6.20 Å². The van der Waals surface area contributed by atoms with Gasteiger partial charge in [0.15, 0.2) is 0 Å². The molecule has 1 heterocycles. The average Bonchev–Trinajstić information content (AvgIpc) is 2.82. The number of sulfonamides is 1. The molecule has 0 aliphatic carbocycles. The van der Waals surface area contributed by atoms with Crippen LogP contribution in [0.15, 0.2) is 29.3 Å². The van der Waals surface area contributed by atoms with Crippen LogP contribution in [-0.4, -0.2) is 19.9 Å². The lowest BCUT2D eigenvalue weighted by Crippen LogP contribution is -2.24. The molecule has 0 saturated carbocycles. The minimum Gasteiger partial charge on any atom is -0.399 e. The highest BCUT2D eigenvalue weighted by atomic mass is 32.2. The van der Waals surface area contributed by atoms with Gasteiger partial charge in [0.05, 0.1) is 0 Å². The first kappa shape index (κ1) is 14.9. The van der Waals surface area contributed by atoms with E-state index in [0.717, 1.165) is 31.2 Å². The Labute approximate surface area is 119 Å². The maximum absolute atomic E-state index is 12.3. The second kappa shape index (κ2) is 6.28. The van der Waals surface area contributed by atoms with Crippen LogP contribution in [0.1, 0.15) is 32.6 Å². The fraction of sp³-hybridized carbons (Fsp3) is 0.429. The molecule has 1 aromatic heterocycles. The Morgan fingerprint density at radius 1 is 1.25 bits per heavy atom. The highest BCUT2D eigenvalue weighted by Gasteiger charge is 2.18. The van der Waals surface area contributed by atoms with Gasteiger partial charge in [-0.05, 0) is 24.6 Å². The molecule has 2 aromatic rings. The summed E-state index contributed by atoms with van der Waals surface area (Å²) in [6, 6.07) is 5.20. The van der Waals surface area contributed by atoms with Crippen molar-refractivity contribution < 1.29 is 8.42 Å². The van der Waals surface area contributed by atoms with E-state index >= 15 is 0 Å². The molecule has 0 unspecified atom stereocenters. The molecule has 5 nitrogen and oxygen atoms in total. The van der Waals surface area contributed by atoms with E-state index in [1.54, 1.807) is 18.2 Å². The van der Waals surface area contributed by atoms with Crippen molar-refractivity contribution in [1.82, 2.24) is 9.71 Å². The molecule has 0 aliphatic heterocycles. The monoisotopic (exact) mass is 295 g/mol. The molecule has 0 fully saturated rings. The molecule has 4 N–H and O–H groups in total. The van der Waals surface area contributed by atoms with Crippen molar-refractivity contribution >= 4 is 26.6 Å². The quantitative estimate of drug-likeness (QED) is 0.542. The van der Waals surface area contributed by atoms with E-state index in [2.05, 4.69) is 16.6 Å². The molecular formula is C14H21N3O2S. The number of anilines is 1. The maximum atomic E-state index is 12.3. The van der Waals surface area contributed by atoms with Crippen LogP contribution < -0.4 is 10.5 Å². The second-order valence-electron chi connectivity index (χ2n) is 4.92. The van der Waals surface area contributed by atoms with Crippen LogP contribution in [0.2, 0.25) is 0 Å². The smallest absolute Gasteiger partial charge is 0.242 e. The van der Waals surface area contributed by atoms with Gasteiger partial charge in [0.2, 0.25) is 10.0 Å². The third kappa shape index (κ3) is 3.32. The van der Waals surface area contributed by atoms with Crippen molar-refractivity contribution in [1.29, 1.82) is 0 Å². The number of hydrogen-bond donors (Lipinski definition) is 3. The Morgan fingerprint density at radius 3 is 2.80 bits per heavy atom. The Morgan fingerprint density at radius 2 is 2.05 bits per heavy atom. The van der Waals surface area contributed by atoms with Crippen molar-refractivity contribution in [2.75, 3.05) is 12.3 Å². The van der Waals surface area contributed by atoms with Gasteiger partial charge in [-0.1, -0.05) is 26.2 Å². The molecule has 0 aliphatic rings. The molecule has 0 atom stereocenters. The molecule has 0 radical (unpaired) electrons. The SMILES string of the molecule is CCCCCCNS(=O)(=O)c1c[nH]c2ccc(N)cc12. The van der Waals surface area contributed by atoms with E-state index in [4.69, 9.17) is 5.73 Å². The fourth-order valence-corrected chi connectivity index (χ4v) is 3.41. The van der Waals surface area contributed by atoms with E-state index in [9.17, 15) is 8.42 Å². The zero-order valence-electron chi connectivity index (χ0n) is 11.6. The zero-order valence-corrected chi connectivity index (χ0v) is 12.5. The summed E-state index contributed by atoms with van der Waals surface area (Å²) >= 11 is 0. The van der Waals surface area contributed by atoms with Gasteiger partial charge in [0.1, 0.15) is 4.90 Å². The number of rotatable bonds is 7. The van der Waals surface area contributed by atoms with Crippen molar-refractivity contribution in [2.45, 2.75) is 37.5 Å². The standard InChI is InChI=1S/C14H21N3O2S/c1-2-3-4-5-8-17-20(18,19)14-10-16-13-7-6-11(15)9-12(13)14/h6-7,9-10,16-17H,2-5,8,15H2,1H3. The van der Waals surface area contributed by atoms with Crippen LogP contribution in [0.25, 0.3) is 10.9 Å². The van der Waals surface area contributed by atoms with Gasteiger partial charge < -0.3 is 10.7 Å². The first-order valence-corrected chi connectivity index (χ1v) is 8.39. The number of hydrogen-bond acceptors (Lipinski definition) is 3. The van der Waals surface area contributed by atoms with Gasteiger partial charge in [-0.15, -0.1) is 0 Å². The largest absolute Gasteiger partial charge is 0.399 e. The van der Waals surface area contributed by atoms with Crippen LogP contribution in [-0.2, 0) is 10.0 Å². The van der Waals surface area contributed by atoms with Crippen molar-refractivity contribution in [3.8, 4) is 0 Å². The van der Waals surface area contributed by atoms with E-state index < -0.39 is 10.0 Å². The number of aromatic nitrogens is 1. The number of aromatic amines is 1. The maximum Gasteiger partial charge on any atom is 0.242 e. The Balaban J connectivity index is 2.13. The lowest BCUT2D eigenvalue weighted by atomic mass is 10.2. The summed E-state index contributed by atoms with van der Waals surface area (Å²) in [6.45, 7) is 2.60. The number of benzene rings is 1. The summed E-state index contributed by atoms with van der Waals surface area (Å²) < 4.78 is 27.2. The minimum absolute atomic E-state index is 0.260. The summed E-state index contributed by atoms with van der Waals surface area (Å²) in [5.41, 5.74) is 7.04. The highest BCUT2D eigenvalue weighted by Crippen LogP contribution is 2.24. The van der Waals surface area contributed by atoms with Gasteiger partial charge in [0, 0.05) is 29.3 Å². The molecule has 20 heavy (non-hydrogen) atoms. The number of nitrogen functional groups attached to an aromatic ring is 1. The van der Waals surface area contributed by atoms with Gasteiger partial charge >= 0.3 is 0 Å². The minimum atomic E-state index is -3.48. The van der Waals surface area contributed by atoms with E-state index in [-0.39, 0.29) is 4.90 Å². The number of unbranched alkanes of at least 4 members (excludes halogenated alkanes) is 3. The molecule has 0 saturated heterocycles. The second-order valence-corrected chi connectivity index (χ2v) is 6.65. The normalized spacial score (nSPS) is 12.1. The molecule has 2 rings (SSSR count). The van der Waals surface area contributed by atoms with Crippen LogP contribution in [0.5, 0.6) is 0 Å². The first-order valence-electron chi connectivity index (χ1n) is 6.91. The zero-order chi connectivity index (χ0) is 14.6. The van der Waals surface area contributed by atoms with Crippen LogP contribution in [0.4, 0.5) is 5.69 Å². The molecule has 6 heteroatoms. The summed E-state index contributed by atoms with van der Waals surface area (Å²) in [5, 5.41) is 0.631. The lowest BCUT2D eigenvalue weighted by molar-refractivity contribution is 0.574. The number of nitrogens with two attached hydrogens (primary N) is 1. The average molecular weight is 295 g/mol. The summed E-state index contributed by atoms with van der Waals surface area (Å²) in [6.07, 6.45) is 5.68. The van der Waals surface area contributed by atoms with E-state index in [0.29, 0.717) is 17.6 Å². The Hall–Kier alpha value is -1.53. The summed E-state index contributed by atoms with van der Waals surface area (Å²) in [4.78, 5) is 3.22. The number of H-pyrrole nitrogens is 1. The van der Waals surface area contributed by atoms with Gasteiger partial charge in [0.25, 0.3) is 0 Å². The van der Waals surface area contributed by atoms with Gasteiger partial charge in [-0.2, -0.15) is 0 Å². The van der Waals surface area contributed by atoms with Crippen molar-refractivity contribution in [3.05, 3.63) is 24.4 Å². The Bertz CT molecular complexity index is 677. The first-order chi connectivity index (χ1) is 9.54. The molecular weight excluding hydrogens is 274 g/mol. The number of nitrogens with one attached hydrogen (secondary N) is 2. The van der Waals surface area contributed by atoms with Gasteiger partial charge in [-0.3, -0.25) is 0 Å². The van der Waals surface area contributed by atoms with Gasteiger partial charge in [-0.25, -0.2) is 13.1 Å². The molecule has 0 amide bonds. The molecule has 0 spiro atoms. The Kier molecular flexibility index (Phi) is 4.67. The molecule has 0 bridgehead atoms. The topological polar surface area (TPSA) is 88.0 Å². The molecule has 1 aromatic carbocycles. The van der Waals surface area contributed by atoms with Crippen LogP contribution in [0, 0.1) is 0 Å². The van der Waals surface area contributed by atoms with E-state index in [1.807, 2.05) is 0 Å². The molecule has 110 valence electrons. The summed E-state index contributed by atoms with van der Waals surface area (Å²) in [5.74, 6) is 0. The fourth-order valence-electron chi connectivity index (χ4n) is 2.17. The lowest BCUT2D eigenvalue weighted by Gasteiger charge is -2.05. The van der Waals surface area contributed by atoms with Crippen LogP contribution >= 0.6 is 0 Å². The summed E-state index contributed by atoms with van der Waals surface area (Å²) in [7, 11) is -3.48. The predicted octanol–water partition coefficient (Wildman–Crippen LogP) is 2.61. The van der Waals surface area contributed by atoms with Crippen molar-refractivity contribution in [2.24, 2.45) is 0 Å². The van der Waals surface area contributed by atoms with Crippen LogP contribution in [0.3, 0.4) is 0 Å². The highest BCUT2D eigenvalue weighted by molar-refractivity contribution is 7.89.